The van der Waals surface area contributed by atoms with Crippen LogP contribution in [0.2, 0.25) is 5.02 Å². The zero-order valence-electron chi connectivity index (χ0n) is 13.2. The van der Waals surface area contributed by atoms with Crippen molar-refractivity contribution >= 4 is 23.7 Å². The van der Waals surface area contributed by atoms with E-state index in [9.17, 15) is 9.90 Å². The van der Waals surface area contributed by atoms with Crippen LogP contribution in [-0.2, 0) is 0 Å². The second kappa shape index (κ2) is 8.21. The fourth-order valence-electron chi connectivity index (χ4n) is 1.94. The first-order valence-electron chi connectivity index (χ1n) is 7.18. The van der Waals surface area contributed by atoms with Gasteiger partial charge < -0.3 is 14.6 Å². The first kappa shape index (κ1) is 17.6. The molecule has 6 nitrogen and oxygen atoms in total. The van der Waals surface area contributed by atoms with Crippen molar-refractivity contribution in [1.29, 1.82) is 0 Å². The number of benzene rings is 2. The predicted molar refractivity (Wildman–Crippen MR) is 92.3 cm³/mol. The fraction of sp³-hybridized carbons (Fsp3) is 0.176. The van der Waals surface area contributed by atoms with Gasteiger partial charge >= 0.3 is 0 Å². The summed E-state index contributed by atoms with van der Waals surface area (Å²) in [6.45, 7) is 2.32. The van der Waals surface area contributed by atoms with Gasteiger partial charge in [0.1, 0.15) is 5.75 Å². The molecule has 0 aliphatic rings. The third-order valence-electron chi connectivity index (χ3n) is 3.05. The van der Waals surface area contributed by atoms with E-state index in [0.29, 0.717) is 34.3 Å². The number of amides is 1. The highest BCUT2D eigenvalue weighted by Crippen LogP contribution is 2.35. The van der Waals surface area contributed by atoms with E-state index >= 15 is 0 Å². The van der Waals surface area contributed by atoms with Gasteiger partial charge in [-0.1, -0.05) is 11.6 Å². The molecule has 0 aromatic heterocycles. The van der Waals surface area contributed by atoms with Gasteiger partial charge in [0.15, 0.2) is 11.5 Å². The monoisotopic (exact) mass is 348 g/mol. The van der Waals surface area contributed by atoms with E-state index in [1.807, 2.05) is 6.92 Å². The number of hydrazone groups is 1. The van der Waals surface area contributed by atoms with Crippen molar-refractivity contribution in [3.05, 3.63) is 52.5 Å². The lowest BCUT2D eigenvalue weighted by molar-refractivity contribution is 0.0955. The summed E-state index contributed by atoms with van der Waals surface area (Å²) in [5.41, 5.74) is 3.42. The summed E-state index contributed by atoms with van der Waals surface area (Å²) in [4.78, 5) is 11.9. The maximum Gasteiger partial charge on any atom is 0.271 e. The van der Waals surface area contributed by atoms with Crippen LogP contribution in [0.1, 0.15) is 22.8 Å². The number of carbonyl (C=O) groups is 1. The maximum atomic E-state index is 11.9. The van der Waals surface area contributed by atoms with Gasteiger partial charge in [0.05, 0.1) is 25.0 Å². The molecule has 7 heteroatoms. The minimum absolute atomic E-state index is 0.0891. The topological polar surface area (TPSA) is 80.2 Å². The Morgan fingerprint density at radius 3 is 2.67 bits per heavy atom. The molecule has 0 aliphatic carbocycles. The van der Waals surface area contributed by atoms with Crippen molar-refractivity contribution in [2.24, 2.45) is 5.10 Å². The molecule has 0 unspecified atom stereocenters. The molecule has 0 saturated heterocycles. The number of hydrogen-bond donors (Lipinski definition) is 2. The molecule has 2 rings (SSSR count). The fourth-order valence-corrected chi connectivity index (χ4v) is 2.22. The van der Waals surface area contributed by atoms with Crippen molar-refractivity contribution in [3.63, 3.8) is 0 Å². The van der Waals surface area contributed by atoms with Gasteiger partial charge in [-0.3, -0.25) is 4.79 Å². The van der Waals surface area contributed by atoms with Gasteiger partial charge in [-0.25, -0.2) is 5.43 Å². The Morgan fingerprint density at radius 2 is 2.04 bits per heavy atom. The van der Waals surface area contributed by atoms with Gasteiger partial charge in [-0.05, 0) is 48.9 Å². The average Bonchev–Trinajstić information content (AvgIpc) is 2.57. The predicted octanol–water partition coefficient (Wildman–Crippen LogP) is 3.22. The molecule has 0 heterocycles. The Hall–Kier alpha value is -2.73. The lowest BCUT2D eigenvalue weighted by Gasteiger charge is -2.11. The number of methoxy groups -OCH3 is 1. The molecule has 24 heavy (non-hydrogen) atoms. The van der Waals surface area contributed by atoms with Crippen molar-refractivity contribution in [1.82, 2.24) is 5.43 Å². The van der Waals surface area contributed by atoms with Crippen LogP contribution in [0.3, 0.4) is 0 Å². The number of hydrogen-bond acceptors (Lipinski definition) is 5. The van der Waals surface area contributed by atoms with Crippen molar-refractivity contribution in [2.45, 2.75) is 6.92 Å². The lowest BCUT2D eigenvalue weighted by atomic mass is 10.2. The molecule has 0 atom stereocenters. The van der Waals surface area contributed by atoms with Crippen LogP contribution in [0.5, 0.6) is 17.2 Å². The molecular formula is C17H17ClN2O4. The van der Waals surface area contributed by atoms with E-state index in [0.717, 1.165) is 0 Å². The Labute approximate surface area is 144 Å². The summed E-state index contributed by atoms with van der Waals surface area (Å²) in [6, 6.07) is 9.21. The smallest absolute Gasteiger partial charge is 0.271 e. The number of nitrogens with zero attached hydrogens (tertiary/aromatic N) is 1. The first-order valence-corrected chi connectivity index (χ1v) is 7.55. The molecule has 0 aliphatic heterocycles. The number of phenolic OH excluding ortho intramolecular Hbond substituents is 1. The normalized spacial score (nSPS) is 10.6. The maximum absolute atomic E-state index is 11.9. The van der Waals surface area contributed by atoms with Crippen LogP contribution in [-0.4, -0.2) is 30.9 Å². The highest BCUT2D eigenvalue weighted by Gasteiger charge is 2.11. The highest BCUT2D eigenvalue weighted by atomic mass is 35.5. The average molecular weight is 349 g/mol. The number of halogens is 1. The van der Waals surface area contributed by atoms with E-state index < -0.39 is 5.91 Å². The molecule has 1 amide bonds. The molecule has 0 saturated carbocycles. The zero-order valence-corrected chi connectivity index (χ0v) is 14.0. The number of nitrogens with one attached hydrogen (secondary N) is 1. The first-order chi connectivity index (χ1) is 11.5. The van der Waals surface area contributed by atoms with Crippen LogP contribution < -0.4 is 14.9 Å². The minimum atomic E-state index is -0.393. The van der Waals surface area contributed by atoms with Crippen molar-refractivity contribution in [3.8, 4) is 17.2 Å². The zero-order chi connectivity index (χ0) is 17.5. The minimum Gasteiger partial charge on any atom is -0.508 e. The number of phenols is 1. The third-order valence-corrected chi connectivity index (χ3v) is 3.33. The van der Waals surface area contributed by atoms with Gasteiger partial charge in [-0.2, -0.15) is 5.10 Å². The van der Waals surface area contributed by atoms with Crippen LogP contribution >= 0.6 is 11.6 Å². The van der Waals surface area contributed by atoms with Gasteiger partial charge in [0.2, 0.25) is 0 Å². The van der Waals surface area contributed by atoms with Crippen LogP contribution in [0, 0.1) is 0 Å². The van der Waals surface area contributed by atoms with E-state index in [2.05, 4.69) is 10.5 Å². The molecule has 126 valence electrons. The lowest BCUT2D eigenvalue weighted by Crippen LogP contribution is -2.17. The Balaban J connectivity index is 2.10. The summed E-state index contributed by atoms with van der Waals surface area (Å²) in [6.07, 6.45) is 1.45. The number of carbonyl (C=O) groups excluding carboxylic acids is 1. The molecule has 0 bridgehead atoms. The summed E-state index contributed by atoms with van der Waals surface area (Å²) >= 11 is 6.17. The van der Waals surface area contributed by atoms with E-state index in [1.54, 1.807) is 12.1 Å². The quantitative estimate of drug-likeness (QED) is 0.620. The third kappa shape index (κ3) is 4.39. The molecular weight excluding hydrogens is 332 g/mol. The van der Waals surface area contributed by atoms with E-state index in [1.165, 1.54) is 37.6 Å². The summed E-state index contributed by atoms with van der Waals surface area (Å²) in [5, 5.41) is 13.5. The Morgan fingerprint density at radius 1 is 1.33 bits per heavy atom. The molecule has 2 N–H and O–H groups in total. The van der Waals surface area contributed by atoms with Crippen LogP contribution in [0.25, 0.3) is 0 Å². The molecule has 2 aromatic rings. The largest absolute Gasteiger partial charge is 0.508 e. The summed E-state index contributed by atoms with van der Waals surface area (Å²) in [7, 11) is 1.52. The number of ether oxygens (including phenoxy) is 2. The number of rotatable bonds is 6. The standard InChI is InChI=1S/C17H17ClN2O4/c1-3-24-16-14(18)8-11(9-15(16)23-2)10-19-20-17(22)12-4-6-13(21)7-5-12/h4-10,21H,3H2,1-2H3,(H,20,22)/b19-10-. The van der Waals surface area contributed by atoms with E-state index in [-0.39, 0.29) is 5.75 Å². The summed E-state index contributed by atoms with van der Waals surface area (Å²) in [5.74, 6) is 0.643. The van der Waals surface area contributed by atoms with Crippen LogP contribution in [0.15, 0.2) is 41.5 Å². The molecule has 0 spiro atoms. The van der Waals surface area contributed by atoms with Crippen molar-refractivity contribution in [2.75, 3.05) is 13.7 Å². The molecule has 0 fully saturated rings. The Kier molecular flexibility index (Phi) is 6.03. The second-order valence-electron chi connectivity index (χ2n) is 4.71. The molecule has 2 aromatic carbocycles. The second-order valence-corrected chi connectivity index (χ2v) is 5.12. The highest BCUT2D eigenvalue weighted by molar-refractivity contribution is 6.32. The SMILES string of the molecule is CCOc1c(Cl)cc(/C=N\NC(=O)c2ccc(O)cc2)cc1OC. The Bertz CT molecular complexity index is 745. The van der Waals surface area contributed by atoms with E-state index in [4.69, 9.17) is 21.1 Å². The number of aromatic hydroxyl groups is 1. The van der Waals surface area contributed by atoms with Gasteiger partial charge in [0.25, 0.3) is 5.91 Å². The van der Waals surface area contributed by atoms with Crippen LogP contribution in [0.4, 0.5) is 0 Å². The van der Waals surface area contributed by atoms with Gasteiger partial charge in [-0.15, -0.1) is 0 Å². The van der Waals surface area contributed by atoms with Gasteiger partial charge in [0, 0.05) is 5.56 Å². The van der Waals surface area contributed by atoms with Crippen molar-refractivity contribution < 1.29 is 19.4 Å². The molecule has 0 radical (unpaired) electrons. The summed E-state index contributed by atoms with van der Waals surface area (Å²) < 4.78 is 10.7.